The minimum atomic E-state index is 0.172. The van der Waals surface area contributed by atoms with Gasteiger partial charge in [-0.3, -0.25) is 4.79 Å². The Labute approximate surface area is 87.2 Å². The van der Waals surface area contributed by atoms with Crippen LogP contribution in [0, 0.1) is 0 Å². The van der Waals surface area contributed by atoms with E-state index < -0.39 is 0 Å². The van der Waals surface area contributed by atoms with Crippen LogP contribution >= 0.6 is 0 Å². The summed E-state index contributed by atoms with van der Waals surface area (Å²) in [6, 6.07) is 0.326. The van der Waals surface area contributed by atoms with Crippen LogP contribution in [0.25, 0.3) is 0 Å². The van der Waals surface area contributed by atoms with E-state index in [1.54, 1.807) is 0 Å². The number of carbonyl (C=O) groups excluding carboxylic acids is 1. The van der Waals surface area contributed by atoms with Gasteiger partial charge in [0.1, 0.15) is 0 Å². The van der Waals surface area contributed by atoms with Crippen LogP contribution in [0.3, 0.4) is 0 Å². The molecule has 0 radical (unpaired) electrons. The van der Waals surface area contributed by atoms with Crippen LogP contribution in [-0.2, 0) is 4.79 Å². The van der Waals surface area contributed by atoms with E-state index in [4.69, 9.17) is 0 Å². The Morgan fingerprint density at radius 3 is 2.50 bits per heavy atom. The average Bonchev–Trinajstić information content (AvgIpc) is 2.17. The molecule has 0 spiro atoms. The van der Waals surface area contributed by atoms with Crippen LogP contribution in [0.2, 0.25) is 0 Å². The lowest BCUT2D eigenvalue weighted by Crippen LogP contribution is -2.40. The zero-order chi connectivity index (χ0) is 11.0. The first-order valence-electron chi connectivity index (χ1n) is 5.27. The number of amides is 1. The molecule has 1 atom stereocenters. The van der Waals surface area contributed by atoms with Gasteiger partial charge in [0.25, 0.3) is 0 Å². The molecular weight excluding hydrogens is 176 g/mol. The summed E-state index contributed by atoms with van der Waals surface area (Å²) in [5.41, 5.74) is 0. The molecule has 82 valence electrons. The van der Waals surface area contributed by atoms with E-state index in [0.717, 1.165) is 19.5 Å². The van der Waals surface area contributed by atoms with E-state index in [-0.39, 0.29) is 5.91 Å². The lowest BCUT2D eigenvalue weighted by Gasteiger charge is -2.20. The second-order valence-electron chi connectivity index (χ2n) is 3.37. The van der Waals surface area contributed by atoms with Crippen molar-refractivity contribution in [3.05, 3.63) is 12.7 Å². The lowest BCUT2D eigenvalue weighted by molar-refractivity contribution is -0.129. The number of likely N-dealkylation sites (N-methyl/N-ethyl adjacent to an activating group) is 1. The molecular formula is C11H22N2O. The van der Waals surface area contributed by atoms with Gasteiger partial charge in [0.05, 0.1) is 6.54 Å². The predicted molar refractivity (Wildman–Crippen MR) is 60.2 cm³/mol. The molecule has 0 aromatic rings. The Hall–Kier alpha value is -0.830. The maximum atomic E-state index is 11.6. The summed E-state index contributed by atoms with van der Waals surface area (Å²) in [5, 5.41) is 3.17. The molecule has 3 nitrogen and oxygen atoms in total. The molecule has 0 aromatic carbocycles. The summed E-state index contributed by atoms with van der Waals surface area (Å²) in [7, 11) is 0. The molecule has 0 aliphatic carbocycles. The van der Waals surface area contributed by atoms with Crippen molar-refractivity contribution in [1.29, 1.82) is 0 Å². The number of hydrogen-bond donors (Lipinski definition) is 1. The number of carbonyl (C=O) groups is 1. The summed E-state index contributed by atoms with van der Waals surface area (Å²) in [5.74, 6) is 0.172. The maximum Gasteiger partial charge on any atom is 0.236 e. The van der Waals surface area contributed by atoms with Crippen molar-refractivity contribution in [2.24, 2.45) is 0 Å². The fourth-order valence-electron chi connectivity index (χ4n) is 1.28. The fourth-order valence-corrected chi connectivity index (χ4v) is 1.28. The highest BCUT2D eigenvalue weighted by Gasteiger charge is 2.09. The summed E-state index contributed by atoms with van der Waals surface area (Å²) >= 11 is 0. The van der Waals surface area contributed by atoms with Gasteiger partial charge in [-0.05, 0) is 27.2 Å². The van der Waals surface area contributed by atoms with E-state index in [0.29, 0.717) is 12.6 Å². The molecule has 3 heteroatoms. The molecule has 0 saturated carbocycles. The third-order valence-corrected chi connectivity index (χ3v) is 2.24. The highest BCUT2D eigenvalue weighted by Crippen LogP contribution is 1.92. The zero-order valence-corrected chi connectivity index (χ0v) is 9.55. The van der Waals surface area contributed by atoms with Crippen molar-refractivity contribution in [3.8, 4) is 0 Å². The van der Waals surface area contributed by atoms with Gasteiger partial charge in [-0.15, -0.1) is 6.58 Å². The summed E-state index contributed by atoms with van der Waals surface area (Å²) < 4.78 is 0. The molecule has 0 heterocycles. The number of nitrogens with zero attached hydrogens (tertiary/aromatic N) is 1. The van der Waals surface area contributed by atoms with Crippen LogP contribution < -0.4 is 5.32 Å². The normalized spacial score (nSPS) is 12.2. The van der Waals surface area contributed by atoms with Crippen molar-refractivity contribution in [2.45, 2.75) is 33.2 Å². The molecule has 0 aliphatic heterocycles. The number of rotatable bonds is 7. The molecule has 14 heavy (non-hydrogen) atoms. The van der Waals surface area contributed by atoms with Crippen LogP contribution in [0.1, 0.15) is 27.2 Å². The van der Waals surface area contributed by atoms with Crippen molar-refractivity contribution in [2.75, 3.05) is 19.6 Å². The molecule has 0 saturated heterocycles. The van der Waals surface area contributed by atoms with Crippen LogP contribution in [0.5, 0.6) is 0 Å². The Morgan fingerprint density at radius 1 is 1.50 bits per heavy atom. The lowest BCUT2D eigenvalue weighted by atomic mass is 10.2. The van der Waals surface area contributed by atoms with Gasteiger partial charge < -0.3 is 10.2 Å². The largest absolute Gasteiger partial charge is 0.342 e. The van der Waals surface area contributed by atoms with Gasteiger partial charge in [0.15, 0.2) is 0 Å². The maximum absolute atomic E-state index is 11.6. The first kappa shape index (κ1) is 13.2. The van der Waals surface area contributed by atoms with Crippen LogP contribution in [0.4, 0.5) is 0 Å². The van der Waals surface area contributed by atoms with Crippen molar-refractivity contribution < 1.29 is 4.79 Å². The van der Waals surface area contributed by atoms with E-state index in [9.17, 15) is 4.79 Å². The van der Waals surface area contributed by atoms with Gasteiger partial charge >= 0.3 is 0 Å². The van der Waals surface area contributed by atoms with Gasteiger partial charge in [-0.25, -0.2) is 0 Å². The summed E-state index contributed by atoms with van der Waals surface area (Å²) in [6.07, 6.45) is 2.76. The highest BCUT2D eigenvalue weighted by molar-refractivity contribution is 5.78. The second-order valence-corrected chi connectivity index (χ2v) is 3.37. The summed E-state index contributed by atoms with van der Waals surface area (Å²) in [6.45, 7) is 11.7. The van der Waals surface area contributed by atoms with E-state index >= 15 is 0 Å². The highest BCUT2D eigenvalue weighted by atomic mass is 16.2. The van der Waals surface area contributed by atoms with Gasteiger partial charge in [0.2, 0.25) is 5.91 Å². The smallest absolute Gasteiger partial charge is 0.236 e. The van der Waals surface area contributed by atoms with Gasteiger partial charge in [-0.2, -0.15) is 0 Å². The number of hydrogen-bond acceptors (Lipinski definition) is 2. The average molecular weight is 198 g/mol. The molecule has 0 bridgehead atoms. The van der Waals surface area contributed by atoms with Gasteiger partial charge in [0, 0.05) is 19.1 Å². The minimum absolute atomic E-state index is 0.172. The molecule has 0 fully saturated rings. The first-order chi connectivity index (χ1) is 6.65. The second kappa shape index (κ2) is 7.56. The van der Waals surface area contributed by atoms with E-state index in [1.165, 1.54) is 0 Å². The standard InChI is InChI=1S/C11H22N2O/c1-5-8-10(4)12-9-11(14)13(6-2)7-3/h5,10,12H,1,6-9H2,2-4H3. The first-order valence-corrected chi connectivity index (χ1v) is 5.27. The third kappa shape index (κ3) is 5.02. The van der Waals surface area contributed by atoms with Crippen molar-refractivity contribution >= 4 is 5.91 Å². The Kier molecular flexibility index (Phi) is 7.11. The van der Waals surface area contributed by atoms with Crippen LogP contribution in [0.15, 0.2) is 12.7 Å². The molecule has 0 aliphatic rings. The SMILES string of the molecule is C=CCC(C)NCC(=O)N(CC)CC. The van der Waals surface area contributed by atoms with Crippen LogP contribution in [-0.4, -0.2) is 36.5 Å². The Morgan fingerprint density at radius 2 is 2.07 bits per heavy atom. The molecule has 1 amide bonds. The Balaban J connectivity index is 3.76. The third-order valence-electron chi connectivity index (χ3n) is 2.24. The zero-order valence-electron chi connectivity index (χ0n) is 9.55. The molecule has 0 rings (SSSR count). The monoisotopic (exact) mass is 198 g/mol. The fraction of sp³-hybridized carbons (Fsp3) is 0.727. The number of nitrogens with one attached hydrogen (secondary N) is 1. The van der Waals surface area contributed by atoms with E-state index in [1.807, 2.05) is 24.8 Å². The molecule has 1 N–H and O–H groups in total. The van der Waals surface area contributed by atoms with Crippen molar-refractivity contribution in [1.82, 2.24) is 10.2 Å². The minimum Gasteiger partial charge on any atom is -0.342 e. The van der Waals surface area contributed by atoms with Gasteiger partial charge in [-0.1, -0.05) is 6.08 Å². The predicted octanol–water partition coefficient (Wildman–Crippen LogP) is 1.41. The quantitative estimate of drug-likeness (QED) is 0.627. The molecule has 1 unspecified atom stereocenters. The summed E-state index contributed by atoms with van der Waals surface area (Å²) in [4.78, 5) is 13.4. The van der Waals surface area contributed by atoms with E-state index in [2.05, 4.69) is 18.8 Å². The molecule has 0 aromatic heterocycles. The van der Waals surface area contributed by atoms with Crippen molar-refractivity contribution in [3.63, 3.8) is 0 Å². The topological polar surface area (TPSA) is 32.3 Å². The Bertz CT molecular complexity index is 176.